The van der Waals surface area contributed by atoms with Gasteiger partial charge in [0.25, 0.3) is 0 Å². The van der Waals surface area contributed by atoms with Crippen molar-refractivity contribution < 1.29 is 14.3 Å². The lowest BCUT2D eigenvalue weighted by atomic mass is 9.97. The van der Waals surface area contributed by atoms with Crippen molar-refractivity contribution in [1.82, 2.24) is 0 Å². The molecule has 0 aliphatic carbocycles. The highest BCUT2D eigenvalue weighted by Gasteiger charge is 2.23. The summed E-state index contributed by atoms with van der Waals surface area (Å²) in [6, 6.07) is 15.8. The first-order valence-electron chi connectivity index (χ1n) is 8.62. The zero-order valence-corrected chi connectivity index (χ0v) is 16.1. The smallest absolute Gasteiger partial charge is 0.316 e. The molecule has 0 saturated heterocycles. The Morgan fingerprint density at radius 2 is 1.20 bits per heavy atom. The number of ether oxygens (including phenoxy) is 2. The lowest BCUT2D eigenvalue weighted by molar-refractivity contribution is -0.142. The van der Waals surface area contributed by atoms with E-state index >= 15 is 0 Å². The second kappa shape index (κ2) is 7.30. The first kappa shape index (κ1) is 19.0. The van der Waals surface area contributed by atoms with Crippen molar-refractivity contribution in [2.24, 2.45) is 5.41 Å². The maximum Gasteiger partial charge on any atom is 0.316 e. The van der Waals surface area contributed by atoms with Gasteiger partial charge in [0.2, 0.25) is 0 Å². The van der Waals surface area contributed by atoms with Crippen molar-refractivity contribution in [2.75, 3.05) is 0 Å². The first-order valence-corrected chi connectivity index (χ1v) is 8.62. The fourth-order valence-corrected chi connectivity index (χ4v) is 2.20. The summed E-state index contributed by atoms with van der Waals surface area (Å²) in [5.74, 6) is 1.23. The van der Waals surface area contributed by atoms with E-state index in [-0.39, 0.29) is 11.6 Å². The molecule has 2 rings (SSSR count). The summed E-state index contributed by atoms with van der Waals surface area (Å²) in [6.45, 7) is 11.6. The fraction of sp³-hybridized carbons (Fsp3) is 0.409. The minimum absolute atomic E-state index is 0.193. The molecule has 0 saturated carbocycles. The molecule has 0 N–H and O–H groups in total. The molecule has 0 fully saturated rings. The van der Waals surface area contributed by atoms with Crippen LogP contribution >= 0.6 is 0 Å². The van der Waals surface area contributed by atoms with E-state index in [0.717, 1.165) is 12.2 Å². The predicted molar refractivity (Wildman–Crippen MR) is 101 cm³/mol. The van der Waals surface area contributed by atoms with Crippen LogP contribution in [0, 0.1) is 5.41 Å². The molecule has 3 nitrogen and oxygen atoms in total. The molecule has 25 heavy (non-hydrogen) atoms. The zero-order valence-electron chi connectivity index (χ0n) is 16.1. The molecule has 0 atom stereocenters. The normalized spacial score (nSPS) is 11.9. The van der Waals surface area contributed by atoms with Gasteiger partial charge in [-0.25, -0.2) is 0 Å². The van der Waals surface area contributed by atoms with Gasteiger partial charge in [-0.1, -0.05) is 24.3 Å². The topological polar surface area (TPSA) is 35.5 Å². The van der Waals surface area contributed by atoms with E-state index in [9.17, 15) is 4.79 Å². The van der Waals surface area contributed by atoms with Crippen LogP contribution in [0.15, 0.2) is 48.5 Å². The average molecular weight is 340 g/mol. The quantitative estimate of drug-likeness (QED) is 0.552. The lowest BCUT2D eigenvalue weighted by Crippen LogP contribution is -2.25. The van der Waals surface area contributed by atoms with Crippen molar-refractivity contribution >= 4 is 5.97 Å². The minimum atomic E-state index is -0.504. The summed E-state index contributed by atoms with van der Waals surface area (Å²) in [5, 5.41) is 0. The summed E-state index contributed by atoms with van der Waals surface area (Å²) in [4.78, 5) is 11.9. The molecule has 0 unspecified atom stereocenters. The highest BCUT2D eigenvalue weighted by atomic mass is 16.5. The lowest BCUT2D eigenvalue weighted by Gasteiger charge is -2.21. The van der Waals surface area contributed by atoms with Crippen molar-refractivity contribution in [3.63, 3.8) is 0 Å². The molecule has 2 aromatic carbocycles. The van der Waals surface area contributed by atoms with Crippen LogP contribution in [0.4, 0.5) is 0 Å². The number of rotatable bonds is 4. The van der Waals surface area contributed by atoms with Gasteiger partial charge < -0.3 is 9.47 Å². The highest BCUT2D eigenvalue weighted by molar-refractivity contribution is 5.77. The van der Waals surface area contributed by atoms with E-state index in [1.165, 1.54) is 11.1 Å². The van der Waals surface area contributed by atoms with E-state index in [2.05, 4.69) is 12.1 Å². The van der Waals surface area contributed by atoms with Crippen molar-refractivity contribution in [3.05, 3.63) is 59.7 Å². The van der Waals surface area contributed by atoms with Gasteiger partial charge in [-0.3, -0.25) is 4.79 Å². The Hall–Kier alpha value is -2.29. The van der Waals surface area contributed by atoms with Gasteiger partial charge in [-0.05, 0) is 83.4 Å². The van der Waals surface area contributed by atoms with Crippen LogP contribution in [0.25, 0.3) is 0 Å². The van der Waals surface area contributed by atoms with Crippen LogP contribution in [0.3, 0.4) is 0 Å². The van der Waals surface area contributed by atoms with Gasteiger partial charge in [0, 0.05) is 0 Å². The summed E-state index contributed by atoms with van der Waals surface area (Å²) in [5.41, 5.74) is 1.68. The van der Waals surface area contributed by atoms with Crippen LogP contribution in [0.2, 0.25) is 0 Å². The third-order valence-electron chi connectivity index (χ3n) is 3.50. The molecule has 3 heteroatoms. The molecule has 0 aliphatic heterocycles. The van der Waals surface area contributed by atoms with E-state index in [0.29, 0.717) is 5.75 Å². The number of benzene rings is 2. The minimum Gasteiger partial charge on any atom is -0.488 e. The highest BCUT2D eigenvalue weighted by Crippen LogP contribution is 2.22. The third-order valence-corrected chi connectivity index (χ3v) is 3.50. The third kappa shape index (κ3) is 6.26. The van der Waals surface area contributed by atoms with Gasteiger partial charge >= 0.3 is 5.97 Å². The fourth-order valence-electron chi connectivity index (χ4n) is 2.20. The van der Waals surface area contributed by atoms with Gasteiger partial charge in [0.05, 0.1) is 5.41 Å². The van der Waals surface area contributed by atoms with Crippen molar-refractivity contribution in [3.8, 4) is 11.5 Å². The Labute approximate surface area is 151 Å². The Morgan fingerprint density at radius 3 is 1.60 bits per heavy atom. The SMILES string of the molecule is CC(C)(C)Oc1ccc(Cc2ccc(OC(=O)C(C)(C)C)cc2)cc1. The van der Waals surface area contributed by atoms with Gasteiger partial charge in [0.15, 0.2) is 0 Å². The maximum atomic E-state index is 11.9. The Morgan fingerprint density at radius 1 is 0.760 bits per heavy atom. The second-order valence-electron chi connectivity index (χ2n) is 8.32. The van der Waals surface area contributed by atoms with E-state index in [1.54, 1.807) is 0 Å². The van der Waals surface area contributed by atoms with Crippen molar-refractivity contribution in [2.45, 2.75) is 53.6 Å². The largest absolute Gasteiger partial charge is 0.488 e. The number of carbonyl (C=O) groups is 1. The molecule has 0 bridgehead atoms. The summed E-state index contributed by atoms with van der Waals surface area (Å²) in [6.07, 6.45) is 0.823. The second-order valence-corrected chi connectivity index (χ2v) is 8.32. The van der Waals surface area contributed by atoms with Crippen molar-refractivity contribution in [1.29, 1.82) is 0 Å². The Bertz CT molecular complexity index is 699. The Balaban J connectivity index is 1.98. The first-order chi connectivity index (χ1) is 11.5. The van der Waals surface area contributed by atoms with Crippen LogP contribution in [-0.2, 0) is 11.2 Å². The van der Waals surface area contributed by atoms with Crippen LogP contribution in [0.5, 0.6) is 11.5 Å². The van der Waals surface area contributed by atoms with E-state index in [4.69, 9.17) is 9.47 Å². The molecular formula is C22H28O3. The maximum absolute atomic E-state index is 11.9. The number of esters is 1. The molecule has 0 radical (unpaired) electrons. The Kier molecular flexibility index (Phi) is 5.56. The molecule has 134 valence electrons. The molecule has 0 aromatic heterocycles. The number of hydrogen-bond acceptors (Lipinski definition) is 3. The van der Waals surface area contributed by atoms with Crippen LogP contribution in [0.1, 0.15) is 52.7 Å². The molecule has 2 aromatic rings. The van der Waals surface area contributed by atoms with Gasteiger partial charge in [0.1, 0.15) is 17.1 Å². The van der Waals surface area contributed by atoms with E-state index < -0.39 is 5.41 Å². The molecule has 0 aliphatic rings. The molecule has 0 heterocycles. The number of carbonyl (C=O) groups excluding carboxylic acids is 1. The predicted octanol–water partition coefficient (Wildman–Crippen LogP) is 5.41. The summed E-state index contributed by atoms with van der Waals surface area (Å²) in [7, 11) is 0. The zero-order chi connectivity index (χ0) is 18.7. The van der Waals surface area contributed by atoms with E-state index in [1.807, 2.05) is 77.9 Å². The average Bonchev–Trinajstić information content (AvgIpc) is 2.49. The standard InChI is InChI=1S/C22H28O3/c1-21(2,3)20(23)24-18-11-7-16(8-12-18)15-17-9-13-19(14-10-17)25-22(4,5)6/h7-14H,15H2,1-6H3. The van der Waals surface area contributed by atoms with Crippen LogP contribution < -0.4 is 9.47 Å². The molecular weight excluding hydrogens is 312 g/mol. The van der Waals surface area contributed by atoms with Crippen LogP contribution in [-0.4, -0.2) is 11.6 Å². The van der Waals surface area contributed by atoms with Gasteiger partial charge in [-0.2, -0.15) is 0 Å². The summed E-state index contributed by atoms with van der Waals surface area (Å²) < 4.78 is 11.2. The monoisotopic (exact) mass is 340 g/mol. The number of hydrogen-bond donors (Lipinski definition) is 0. The summed E-state index contributed by atoms with van der Waals surface area (Å²) >= 11 is 0. The molecule has 0 spiro atoms. The van der Waals surface area contributed by atoms with Gasteiger partial charge in [-0.15, -0.1) is 0 Å². The molecule has 0 amide bonds.